The Kier molecular flexibility index (Phi) is 7.74. The Morgan fingerprint density at radius 1 is 1.15 bits per heavy atom. The third kappa shape index (κ3) is 6.27. The minimum atomic E-state index is 0.0125. The maximum absolute atomic E-state index is 12.0. The van der Waals surface area contributed by atoms with Crippen LogP contribution in [0.3, 0.4) is 0 Å². The first kappa shape index (κ1) is 19.6. The molecule has 140 valence electrons. The number of benzene rings is 1. The van der Waals surface area contributed by atoms with Gasteiger partial charge >= 0.3 is 0 Å². The topological polar surface area (TPSA) is 61.7 Å². The minimum absolute atomic E-state index is 0.0125. The van der Waals surface area contributed by atoms with E-state index < -0.39 is 0 Å². The highest BCUT2D eigenvalue weighted by atomic mass is 16.1. The second-order valence-electron chi connectivity index (χ2n) is 6.21. The van der Waals surface area contributed by atoms with E-state index in [0.717, 1.165) is 24.6 Å². The van der Waals surface area contributed by atoms with Gasteiger partial charge in [0.25, 0.3) is 0 Å². The molecule has 0 unspecified atom stereocenters. The van der Waals surface area contributed by atoms with E-state index in [0.29, 0.717) is 19.5 Å². The maximum atomic E-state index is 12.0. The number of aryl methyl sites for hydroxylation is 1. The number of carbonyl (C=O) groups excluding carboxylic acids is 1. The molecule has 0 aliphatic rings. The van der Waals surface area contributed by atoms with Crippen molar-refractivity contribution in [2.45, 2.75) is 26.4 Å². The number of carbonyl (C=O) groups is 1. The van der Waals surface area contributed by atoms with Gasteiger partial charge in [0.1, 0.15) is 0 Å². The van der Waals surface area contributed by atoms with Crippen LogP contribution in [0.2, 0.25) is 0 Å². The summed E-state index contributed by atoms with van der Waals surface area (Å²) in [5, 5.41) is 6.21. The molecule has 0 spiro atoms. The summed E-state index contributed by atoms with van der Waals surface area (Å²) in [5.41, 5.74) is 2.30. The van der Waals surface area contributed by atoms with E-state index in [-0.39, 0.29) is 5.91 Å². The van der Waals surface area contributed by atoms with E-state index in [9.17, 15) is 4.79 Å². The predicted molar refractivity (Wildman–Crippen MR) is 106 cm³/mol. The molecule has 0 atom stereocenters. The summed E-state index contributed by atoms with van der Waals surface area (Å²) in [5.74, 6) is 0.822. The molecule has 0 radical (unpaired) electrons. The highest BCUT2D eigenvalue weighted by molar-refractivity contribution is 5.80. The molecule has 1 heterocycles. The molecule has 0 bridgehead atoms. The lowest BCUT2D eigenvalue weighted by molar-refractivity contribution is -0.121. The fourth-order valence-electron chi connectivity index (χ4n) is 2.60. The molecule has 0 aliphatic carbocycles. The van der Waals surface area contributed by atoms with E-state index in [1.165, 1.54) is 5.69 Å². The first-order chi connectivity index (χ1) is 12.6. The summed E-state index contributed by atoms with van der Waals surface area (Å²) in [7, 11) is 4.04. The Morgan fingerprint density at radius 3 is 2.58 bits per heavy atom. The SMILES string of the molecule is CCNC(=NCCC(=O)NCc1ccccc1)N(C)Cc1cccn1C. The van der Waals surface area contributed by atoms with E-state index in [1.54, 1.807) is 0 Å². The van der Waals surface area contributed by atoms with Crippen molar-refractivity contribution in [3.05, 3.63) is 59.9 Å². The molecule has 0 saturated heterocycles. The smallest absolute Gasteiger partial charge is 0.222 e. The molecule has 1 amide bonds. The van der Waals surface area contributed by atoms with Gasteiger partial charge in [-0.3, -0.25) is 9.79 Å². The standard InChI is InChI=1S/C20H29N5O/c1-4-21-20(25(3)16-18-11-8-14-24(18)2)22-13-12-19(26)23-15-17-9-6-5-7-10-17/h5-11,14H,4,12-13,15-16H2,1-3H3,(H,21,22)(H,23,26). The van der Waals surface area contributed by atoms with Crippen molar-refractivity contribution < 1.29 is 4.79 Å². The Balaban J connectivity index is 1.81. The van der Waals surface area contributed by atoms with Crippen LogP contribution < -0.4 is 10.6 Å². The number of guanidine groups is 1. The van der Waals surface area contributed by atoms with Gasteiger partial charge in [-0.05, 0) is 24.6 Å². The fourth-order valence-corrected chi connectivity index (χ4v) is 2.60. The number of nitrogens with one attached hydrogen (secondary N) is 2. The lowest BCUT2D eigenvalue weighted by atomic mass is 10.2. The number of rotatable bonds is 8. The minimum Gasteiger partial charge on any atom is -0.357 e. The number of hydrogen-bond acceptors (Lipinski definition) is 2. The molecule has 1 aromatic carbocycles. The average molecular weight is 355 g/mol. The zero-order chi connectivity index (χ0) is 18.8. The molecular formula is C20H29N5O. The summed E-state index contributed by atoms with van der Waals surface area (Å²) >= 11 is 0. The van der Waals surface area contributed by atoms with Gasteiger partial charge in [0, 0.05) is 45.5 Å². The van der Waals surface area contributed by atoms with Crippen molar-refractivity contribution in [3.63, 3.8) is 0 Å². The molecule has 2 aromatic rings. The molecular weight excluding hydrogens is 326 g/mol. The quantitative estimate of drug-likeness (QED) is 0.563. The van der Waals surface area contributed by atoms with Gasteiger partial charge in [0.05, 0.1) is 13.1 Å². The lowest BCUT2D eigenvalue weighted by Gasteiger charge is -2.22. The van der Waals surface area contributed by atoms with Crippen molar-refractivity contribution in [3.8, 4) is 0 Å². The normalized spacial score (nSPS) is 11.3. The van der Waals surface area contributed by atoms with Gasteiger partial charge in [-0.25, -0.2) is 0 Å². The highest BCUT2D eigenvalue weighted by Crippen LogP contribution is 2.04. The van der Waals surface area contributed by atoms with E-state index in [1.807, 2.05) is 63.6 Å². The molecule has 0 fully saturated rings. The zero-order valence-corrected chi connectivity index (χ0v) is 15.9. The maximum Gasteiger partial charge on any atom is 0.222 e. The third-order valence-corrected chi connectivity index (χ3v) is 4.08. The Labute approximate surface area is 155 Å². The summed E-state index contributed by atoms with van der Waals surface area (Å²) in [6, 6.07) is 14.0. The lowest BCUT2D eigenvalue weighted by Crippen LogP contribution is -2.39. The predicted octanol–water partition coefficient (Wildman–Crippen LogP) is 2.13. The van der Waals surface area contributed by atoms with Crippen LogP contribution in [0.25, 0.3) is 0 Å². The number of nitrogens with zero attached hydrogens (tertiary/aromatic N) is 3. The fraction of sp³-hybridized carbons (Fsp3) is 0.400. The molecule has 26 heavy (non-hydrogen) atoms. The van der Waals surface area contributed by atoms with Crippen molar-refractivity contribution >= 4 is 11.9 Å². The van der Waals surface area contributed by atoms with Crippen LogP contribution in [0.5, 0.6) is 0 Å². The number of amides is 1. The van der Waals surface area contributed by atoms with Crippen LogP contribution in [-0.2, 0) is 24.9 Å². The average Bonchev–Trinajstić information content (AvgIpc) is 3.04. The van der Waals surface area contributed by atoms with Crippen LogP contribution in [0, 0.1) is 0 Å². The second kappa shape index (κ2) is 10.3. The second-order valence-corrected chi connectivity index (χ2v) is 6.21. The van der Waals surface area contributed by atoms with Crippen molar-refractivity contribution in [2.24, 2.45) is 12.0 Å². The van der Waals surface area contributed by atoms with Crippen molar-refractivity contribution in [1.29, 1.82) is 0 Å². The monoisotopic (exact) mass is 355 g/mol. The number of aliphatic imine (C=N–C) groups is 1. The first-order valence-electron chi connectivity index (χ1n) is 9.00. The largest absolute Gasteiger partial charge is 0.357 e. The van der Waals surface area contributed by atoms with Crippen LogP contribution in [0.15, 0.2) is 53.7 Å². The number of hydrogen-bond donors (Lipinski definition) is 2. The van der Waals surface area contributed by atoms with Gasteiger partial charge < -0.3 is 20.1 Å². The molecule has 0 saturated carbocycles. The number of aromatic nitrogens is 1. The summed E-state index contributed by atoms with van der Waals surface area (Å²) in [6.07, 6.45) is 2.41. The van der Waals surface area contributed by atoms with Crippen LogP contribution >= 0.6 is 0 Å². The summed E-state index contributed by atoms with van der Waals surface area (Å²) in [4.78, 5) is 18.7. The zero-order valence-electron chi connectivity index (χ0n) is 15.9. The van der Waals surface area contributed by atoms with Crippen molar-refractivity contribution in [2.75, 3.05) is 20.1 Å². The van der Waals surface area contributed by atoms with Gasteiger partial charge in [-0.15, -0.1) is 0 Å². The molecule has 2 rings (SSSR count). The Bertz CT molecular complexity index is 708. The third-order valence-electron chi connectivity index (χ3n) is 4.08. The van der Waals surface area contributed by atoms with E-state index in [4.69, 9.17) is 0 Å². The summed E-state index contributed by atoms with van der Waals surface area (Å²) < 4.78 is 2.09. The van der Waals surface area contributed by atoms with Gasteiger partial charge in [0.15, 0.2) is 5.96 Å². The molecule has 2 N–H and O–H groups in total. The molecule has 0 aliphatic heterocycles. The van der Waals surface area contributed by atoms with Crippen LogP contribution in [0.4, 0.5) is 0 Å². The van der Waals surface area contributed by atoms with E-state index >= 15 is 0 Å². The Morgan fingerprint density at radius 2 is 1.92 bits per heavy atom. The first-order valence-corrected chi connectivity index (χ1v) is 9.00. The molecule has 6 heteroatoms. The van der Waals surface area contributed by atoms with Gasteiger partial charge in [-0.2, -0.15) is 0 Å². The van der Waals surface area contributed by atoms with Crippen molar-refractivity contribution in [1.82, 2.24) is 20.1 Å². The van der Waals surface area contributed by atoms with Crippen LogP contribution in [-0.4, -0.2) is 41.5 Å². The highest BCUT2D eigenvalue weighted by Gasteiger charge is 2.08. The summed E-state index contributed by atoms with van der Waals surface area (Å²) in [6.45, 7) is 4.60. The van der Waals surface area contributed by atoms with Gasteiger partial charge in [0.2, 0.25) is 5.91 Å². The van der Waals surface area contributed by atoms with Gasteiger partial charge in [-0.1, -0.05) is 30.3 Å². The molecule has 1 aromatic heterocycles. The Hall–Kier alpha value is -2.76. The molecule has 6 nitrogen and oxygen atoms in total. The van der Waals surface area contributed by atoms with Crippen LogP contribution in [0.1, 0.15) is 24.6 Å². The van der Waals surface area contributed by atoms with E-state index in [2.05, 4.69) is 31.2 Å².